The van der Waals surface area contributed by atoms with Crippen LogP contribution in [-0.2, 0) is 0 Å². The summed E-state index contributed by atoms with van der Waals surface area (Å²) in [4.78, 5) is 9.97. The molecule has 0 bridgehead atoms. The first-order chi connectivity index (χ1) is 13.2. The second-order valence-corrected chi connectivity index (χ2v) is 6.28. The van der Waals surface area contributed by atoms with Crippen LogP contribution in [0.2, 0.25) is 0 Å². The van der Waals surface area contributed by atoms with Crippen molar-refractivity contribution < 1.29 is 9.47 Å². The summed E-state index contributed by atoms with van der Waals surface area (Å²) in [6, 6.07) is 13.6. The van der Waals surface area contributed by atoms with Gasteiger partial charge in [0.1, 0.15) is 17.3 Å². The van der Waals surface area contributed by atoms with Crippen LogP contribution in [0.5, 0.6) is 11.5 Å². The van der Waals surface area contributed by atoms with E-state index in [9.17, 15) is 0 Å². The van der Waals surface area contributed by atoms with Crippen molar-refractivity contribution in [3.05, 3.63) is 66.6 Å². The van der Waals surface area contributed by atoms with Gasteiger partial charge in [-0.3, -0.25) is 0 Å². The molecule has 4 rings (SSSR count). The van der Waals surface area contributed by atoms with Gasteiger partial charge in [0.05, 0.1) is 23.3 Å². The molecule has 0 radical (unpaired) electrons. The van der Waals surface area contributed by atoms with Crippen molar-refractivity contribution in [2.75, 3.05) is 25.5 Å². The summed E-state index contributed by atoms with van der Waals surface area (Å²) in [6.45, 7) is 3.42. The number of hydrogen-bond acceptors (Lipinski definition) is 5. The zero-order valence-electron chi connectivity index (χ0n) is 15.4. The van der Waals surface area contributed by atoms with Crippen LogP contribution in [0.25, 0.3) is 11.0 Å². The Labute approximate surface area is 158 Å². The van der Waals surface area contributed by atoms with Crippen molar-refractivity contribution in [2.45, 2.75) is 6.92 Å². The lowest BCUT2D eigenvalue weighted by Gasteiger charge is -2.17. The average molecular weight is 362 g/mol. The molecule has 6 heteroatoms. The Balaban J connectivity index is 1.54. The highest BCUT2D eigenvalue weighted by Crippen LogP contribution is 2.28. The SMILES string of the molecule is CCOc1ccccc1Nc1nc2ccc(OC3=CCN(C)C=C3)cc2[nH]1. The lowest BCUT2D eigenvalue weighted by atomic mass is 10.3. The summed E-state index contributed by atoms with van der Waals surface area (Å²) in [5.74, 6) is 3.07. The van der Waals surface area contributed by atoms with Gasteiger partial charge >= 0.3 is 0 Å². The number of anilines is 2. The molecule has 1 aliphatic rings. The van der Waals surface area contributed by atoms with Crippen molar-refractivity contribution in [3.63, 3.8) is 0 Å². The number of para-hydroxylation sites is 2. The van der Waals surface area contributed by atoms with Gasteiger partial charge in [-0.2, -0.15) is 0 Å². The average Bonchev–Trinajstić information content (AvgIpc) is 3.07. The number of allylic oxidation sites excluding steroid dienone is 1. The molecule has 6 nitrogen and oxygen atoms in total. The third-order valence-corrected chi connectivity index (χ3v) is 4.20. The van der Waals surface area contributed by atoms with Gasteiger partial charge in [0.25, 0.3) is 0 Å². The molecular formula is C21H22N4O2. The number of imidazole rings is 1. The maximum Gasteiger partial charge on any atom is 0.205 e. The van der Waals surface area contributed by atoms with Crippen LogP contribution in [-0.4, -0.2) is 35.1 Å². The molecule has 2 heterocycles. The molecule has 0 atom stereocenters. The van der Waals surface area contributed by atoms with Crippen molar-refractivity contribution in [1.29, 1.82) is 0 Å². The van der Waals surface area contributed by atoms with Crippen LogP contribution < -0.4 is 14.8 Å². The van der Waals surface area contributed by atoms with E-state index in [2.05, 4.69) is 26.3 Å². The van der Waals surface area contributed by atoms with Gasteiger partial charge in [-0.25, -0.2) is 4.98 Å². The molecule has 1 aromatic heterocycles. The molecule has 2 N–H and O–H groups in total. The van der Waals surface area contributed by atoms with Crippen LogP contribution >= 0.6 is 0 Å². The minimum Gasteiger partial charge on any atom is -0.492 e. The maximum absolute atomic E-state index is 5.95. The number of likely N-dealkylation sites (N-methyl/N-ethyl adjacent to an activating group) is 1. The highest BCUT2D eigenvalue weighted by atomic mass is 16.5. The summed E-state index contributed by atoms with van der Waals surface area (Å²) in [5.41, 5.74) is 2.64. The predicted molar refractivity (Wildman–Crippen MR) is 107 cm³/mol. The topological polar surface area (TPSA) is 62.4 Å². The quantitative estimate of drug-likeness (QED) is 0.679. The Morgan fingerprint density at radius 3 is 2.93 bits per heavy atom. The summed E-state index contributed by atoms with van der Waals surface area (Å²) in [5, 5.41) is 3.29. The number of hydrogen-bond donors (Lipinski definition) is 2. The lowest BCUT2D eigenvalue weighted by molar-refractivity contribution is 0.342. The number of nitrogens with zero attached hydrogens (tertiary/aromatic N) is 2. The Bertz CT molecular complexity index is 1010. The number of rotatable bonds is 6. The molecule has 0 spiro atoms. The van der Waals surface area contributed by atoms with Crippen LogP contribution in [0.4, 0.5) is 11.6 Å². The monoisotopic (exact) mass is 362 g/mol. The largest absolute Gasteiger partial charge is 0.492 e. The second-order valence-electron chi connectivity index (χ2n) is 6.28. The number of benzene rings is 2. The molecule has 0 fully saturated rings. The number of ether oxygens (including phenoxy) is 2. The molecule has 0 saturated heterocycles. The third kappa shape index (κ3) is 3.89. The summed E-state index contributed by atoms with van der Waals surface area (Å²) < 4.78 is 11.6. The Kier molecular flexibility index (Phi) is 4.70. The first kappa shape index (κ1) is 17.0. The molecule has 0 aliphatic carbocycles. The van der Waals surface area contributed by atoms with E-state index in [1.54, 1.807) is 0 Å². The molecule has 3 aromatic rings. The first-order valence-corrected chi connectivity index (χ1v) is 8.96. The van der Waals surface area contributed by atoms with Gasteiger partial charge in [0.15, 0.2) is 0 Å². The first-order valence-electron chi connectivity index (χ1n) is 8.96. The van der Waals surface area contributed by atoms with Crippen molar-refractivity contribution in [1.82, 2.24) is 14.9 Å². The summed E-state index contributed by atoms with van der Waals surface area (Å²) >= 11 is 0. The van der Waals surface area contributed by atoms with E-state index >= 15 is 0 Å². The lowest BCUT2D eigenvalue weighted by Crippen LogP contribution is -2.15. The van der Waals surface area contributed by atoms with Crippen molar-refractivity contribution in [2.24, 2.45) is 0 Å². The molecular weight excluding hydrogens is 340 g/mol. The van der Waals surface area contributed by atoms with E-state index < -0.39 is 0 Å². The molecule has 1 aliphatic heterocycles. The van der Waals surface area contributed by atoms with Gasteiger partial charge in [-0.1, -0.05) is 12.1 Å². The highest BCUT2D eigenvalue weighted by molar-refractivity contribution is 5.80. The van der Waals surface area contributed by atoms with Gasteiger partial charge in [0.2, 0.25) is 5.95 Å². The molecule has 0 unspecified atom stereocenters. The number of fused-ring (bicyclic) bond motifs is 1. The van der Waals surface area contributed by atoms with Crippen LogP contribution in [0.1, 0.15) is 6.92 Å². The Morgan fingerprint density at radius 1 is 1.22 bits per heavy atom. The molecule has 2 aromatic carbocycles. The zero-order valence-corrected chi connectivity index (χ0v) is 15.4. The second kappa shape index (κ2) is 7.45. The summed E-state index contributed by atoms with van der Waals surface area (Å²) in [6.07, 6.45) is 6.01. The summed E-state index contributed by atoms with van der Waals surface area (Å²) in [7, 11) is 2.03. The van der Waals surface area contributed by atoms with Crippen molar-refractivity contribution >= 4 is 22.7 Å². The number of H-pyrrole nitrogens is 1. The minimum absolute atomic E-state index is 0.611. The van der Waals surface area contributed by atoms with E-state index in [0.717, 1.165) is 40.5 Å². The maximum atomic E-state index is 5.95. The molecule has 0 saturated carbocycles. The normalized spacial score (nSPS) is 13.6. The molecule has 27 heavy (non-hydrogen) atoms. The van der Waals surface area contributed by atoms with Gasteiger partial charge < -0.3 is 24.7 Å². The minimum atomic E-state index is 0.611. The Morgan fingerprint density at radius 2 is 2.11 bits per heavy atom. The van der Waals surface area contributed by atoms with E-state index in [1.807, 2.05) is 68.7 Å². The van der Waals surface area contributed by atoms with Gasteiger partial charge in [-0.05, 0) is 43.3 Å². The highest BCUT2D eigenvalue weighted by Gasteiger charge is 2.09. The number of aromatic amines is 1. The smallest absolute Gasteiger partial charge is 0.205 e. The number of nitrogens with one attached hydrogen (secondary N) is 2. The van der Waals surface area contributed by atoms with Crippen LogP contribution in [0, 0.1) is 0 Å². The van der Waals surface area contributed by atoms with E-state index in [1.165, 1.54) is 0 Å². The molecule has 0 amide bonds. The van der Waals surface area contributed by atoms with Gasteiger partial charge in [-0.15, -0.1) is 0 Å². The number of aromatic nitrogens is 2. The fourth-order valence-corrected chi connectivity index (χ4v) is 2.87. The fourth-order valence-electron chi connectivity index (χ4n) is 2.87. The van der Waals surface area contributed by atoms with E-state index in [0.29, 0.717) is 12.6 Å². The van der Waals surface area contributed by atoms with Crippen LogP contribution in [0.3, 0.4) is 0 Å². The zero-order chi connectivity index (χ0) is 18.6. The van der Waals surface area contributed by atoms with Gasteiger partial charge in [0, 0.05) is 25.9 Å². The fraction of sp³-hybridized carbons (Fsp3) is 0.190. The standard InChI is InChI=1S/C21H22N4O2/c1-3-26-20-7-5-4-6-18(20)23-21-22-17-9-8-16(14-19(17)24-21)27-15-10-12-25(2)13-11-15/h4-12,14H,3,13H2,1-2H3,(H2,22,23,24). The third-order valence-electron chi connectivity index (χ3n) is 4.20. The van der Waals surface area contributed by atoms with Crippen LogP contribution in [0.15, 0.2) is 66.6 Å². The van der Waals surface area contributed by atoms with Crippen molar-refractivity contribution in [3.8, 4) is 11.5 Å². The predicted octanol–water partition coefficient (Wildman–Crippen LogP) is 4.43. The molecule has 138 valence electrons. The van der Waals surface area contributed by atoms with E-state index in [-0.39, 0.29) is 0 Å². The Hall–Kier alpha value is -3.41. The van der Waals surface area contributed by atoms with E-state index in [4.69, 9.17) is 9.47 Å².